The van der Waals surface area contributed by atoms with Crippen LogP contribution in [0.2, 0.25) is 5.02 Å². The number of hydrogen-bond donors (Lipinski definition) is 0. The van der Waals surface area contributed by atoms with E-state index in [0.717, 1.165) is 10.5 Å². The van der Waals surface area contributed by atoms with Crippen molar-refractivity contribution >= 4 is 45.8 Å². The van der Waals surface area contributed by atoms with Crippen LogP contribution in [-0.4, -0.2) is 11.0 Å². The summed E-state index contributed by atoms with van der Waals surface area (Å²) in [6.07, 6.45) is 0. The van der Waals surface area contributed by atoms with Crippen molar-refractivity contribution in [2.75, 3.05) is 0 Å². The van der Waals surface area contributed by atoms with Gasteiger partial charge in [-0.2, -0.15) is 0 Å². The Bertz CT molecular complexity index is 570. The minimum absolute atomic E-state index is 0.0629. The SMILES string of the molecule is CC1Sc2ccc(Cl)cc2C(Cl)=C1C(=O)C(C)(C)C. The summed E-state index contributed by atoms with van der Waals surface area (Å²) in [4.78, 5) is 13.6. The second-order valence-corrected chi connectivity index (χ2v) is 7.90. The predicted octanol–water partition coefficient (Wildman–Crippen LogP) is 5.40. The molecule has 19 heavy (non-hydrogen) atoms. The van der Waals surface area contributed by atoms with Gasteiger partial charge in [-0.1, -0.05) is 44.0 Å². The first kappa shape index (κ1) is 15.0. The summed E-state index contributed by atoms with van der Waals surface area (Å²) < 4.78 is 0. The number of hydrogen-bond acceptors (Lipinski definition) is 2. The van der Waals surface area contributed by atoms with Crippen LogP contribution in [0.4, 0.5) is 0 Å². The molecule has 1 atom stereocenters. The maximum Gasteiger partial charge on any atom is 0.166 e. The van der Waals surface area contributed by atoms with E-state index in [2.05, 4.69) is 0 Å². The van der Waals surface area contributed by atoms with Crippen molar-refractivity contribution in [1.82, 2.24) is 0 Å². The zero-order valence-corrected chi connectivity index (χ0v) is 13.7. The van der Waals surface area contributed by atoms with Gasteiger partial charge in [-0.05, 0) is 25.1 Å². The molecular formula is C15H16Cl2OS. The predicted molar refractivity (Wildman–Crippen MR) is 84.0 cm³/mol. The Balaban J connectivity index is 2.60. The van der Waals surface area contributed by atoms with E-state index in [1.807, 2.05) is 45.9 Å². The zero-order chi connectivity index (χ0) is 14.4. The molecule has 0 N–H and O–H groups in total. The van der Waals surface area contributed by atoms with Gasteiger partial charge in [0.1, 0.15) is 0 Å². The van der Waals surface area contributed by atoms with Crippen LogP contribution in [-0.2, 0) is 4.79 Å². The lowest BCUT2D eigenvalue weighted by atomic mass is 9.84. The molecule has 1 aromatic rings. The fourth-order valence-corrected chi connectivity index (χ4v) is 3.89. The smallest absolute Gasteiger partial charge is 0.166 e. The van der Waals surface area contributed by atoms with E-state index in [9.17, 15) is 4.79 Å². The van der Waals surface area contributed by atoms with Crippen LogP contribution in [0, 0.1) is 5.41 Å². The Hall–Kier alpha value is -0.440. The number of fused-ring (bicyclic) bond motifs is 1. The van der Waals surface area contributed by atoms with Crippen molar-refractivity contribution in [1.29, 1.82) is 0 Å². The van der Waals surface area contributed by atoms with Gasteiger partial charge in [-0.25, -0.2) is 0 Å². The molecule has 0 fully saturated rings. The van der Waals surface area contributed by atoms with Gasteiger partial charge in [0.05, 0.1) is 5.03 Å². The molecule has 2 rings (SSSR count). The Morgan fingerprint density at radius 2 is 1.89 bits per heavy atom. The van der Waals surface area contributed by atoms with E-state index in [-0.39, 0.29) is 11.0 Å². The number of thioether (sulfide) groups is 1. The second-order valence-electron chi connectivity index (χ2n) is 5.71. The lowest BCUT2D eigenvalue weighted by molar-refractivity contribution is -0.122. The van der Waals surface area contributed by atoms with Crippen LogP contribution in [0.3, 0.4) is 0 Å². The number of benzene rings is 1. The molecule has 0 aromatic heterocycles. The van der Waals surface area contributed by atoms with Gasteiger partial charge in [0.15, 0.2) is 5.78 Å². The van der Waals surface area contributed by atoms with E-state index in [4.69, 9.17) is 23.2 Å². The van der Waals surface area contributed by atoms with Gasteiger partial charge in [-0.3, -0.25) is 4.79 Å². The quantitative estimate of drug-likeness (QED) is 0.690. The van der Waals surface area contributed by atoms with Gasteiger partial charge in [0, 0.05) is 31.7 Å². The van der Waals surface area contributed by atoms with Crippen molar-refractivity contribution < 1.29 is 4.79 Å². The Morgan fingerprint density at radius 1 is 1.26 bits per heavy atom. The molecule has 1 aromatic carbocycles. The molecule has 4 heteroatoms. The third-order valence-electron chi connectivity index (χ3n) is 3.05. The van der Waals surface area contributed by atoms with E-state index < -0.39 is 5.41 Å². The summed E-state index contributed by atoms with van der Waals surface area (Å²) in [5, 5.41) is 1.24. The maximum atomic E-state index is 12.5. The van der Waals surface area contributed by atoms with E-state index in [1.54, 1.807) is 11.8 Å². The third-order valence-corrected chi connectivity index (χ3v) is 4.89. The number of carbonyl (C=O) groups is 1. The standard InChI is InChI=1S/C15H16Cl2OS/c1-8-12(14(18)15(2,3)4)13(17)10-7-9(16)5-6-11(10)19-8/h5-8H,1-4H3. The molecule has 0 aliphatic carbocycles. The second kappa shape index (κ2) is 5.16. The van der Waals surface area contributed by atoms with Crippen LogP contribution < -0.4 is 0 Å². The van der Waals surface area contributed by atoms with Crippen molar-refractivity contribution in [2.45, 2.75) is 37.8 Å². The Kier molecular flexibility index (Phi) is 4.06. The van der Waals surface area contributed by atoms with Crippen molar-refractivity contribution in [3.05, 3.63) is 34.4 Å². The monoisotopic (exact) mass is 314 g/mol. The fraction of sp³-hybridized carbons (Fsp3) is 0.400. The molecule has 1 aliphatic heterocycles. The molecule has 0 radical (unpaired) electrons. The molecule has 102 valence electrons. The third kappa shape index (κ3) is 2.86. The van der Waals surface area contributed by atoms with Gasteiger partial charge in [0.2, 0.25) is 0 Å². The number of carbonyl (C=O) groups excluding carboxylic acids is 1. The van der Waals surface area contributed by atoms with Crippen LogP contribution >= 0.6 is 35.0 Å². The molecule has 0 saturated heterocycles. The van der Waals surface area contributed by atoms with Crippen molar-refractivity contribution in [3.63, 3.8) is 0 Å². The molecule has 1 heterocycles. The topological polar surface area (TPSA) is 17.1 Å². The highest BCUT2D eigenvalue weighted by atomic mass is 35.5. The summed E-state index contributed by atoms with van der Waals surface area (Å²) in [6, 6.07) is 5.63. The average molecular weight is 315 g/mol. The highest BCUT2D eigenvalue weighted by molar-refractivity contribution is 8.00. The summed E-state index contributed by atoms with van der Waals surface area (Å²) in [5.41, 5.74) is 1.14. The number of ketones is 1. The van der Waals surface area contributed by atoms with Crippen LogP contribution in [0.15, 0.2) is 28.7 Å². The van der Waals surface area contributed by atoms with Gasteiger partial charge in [0.25, 0.3) is 0 Å². The largest absolute Gasteiger partial charge is 0.294 e. The maximum absolute atomic E-state index is 12.5. The highest BCUT2D eigenvalue weighted by Gasteiger charge is 2.34. The van der Waals surface area contributed by atoms with E-state index in [0.29, 0.717) is 15.6 Å². The molecule has 1 unspecified atom stereocenters. The van der Waals surface area contributed by atoms with Crippen LogP contribution in [0.5, 0.6) is 0 Å². The number of halogens is 2. The zero-order valence-electron chi connectivity index (χ0n) is 11.4. The minimum Gasteiger partial charge on any atom is -0.294 e. The molecule has 1 aliphatic rings. The molecule has 1 nitrogen and oxygen atoms in total. The Labute approximate surface area is 128 Å². The molecule has 0 saturated carbocycles. The van der Waals surface area contributed by atoms with E-state index >= 15 is 0 Å². The average Bonchev–Trinajstić information content (AvgIpc) is 2.29. The van der Waals surface area contributed by atoms with Gasteiger partial charge >= 0.3 is 0 Å². The van der Waals surface area contributed by atoms with Gasteiger partial charge in [-0.15, -0.1) is 11.8 Å². The van der Waals surface area contributed by atoms with Gasteiger partial charge < -0.3 is 0 Å². The van der Waals surface area contributed by atoms with E-state index in [1.165, 1.54) is 0 Å². The lowest BCUT2D eigenvalue weighted by Gasteiger charge is -2.28. The first-order valence-electron chi connectivity index (χ1n) is 6.13. The molecule has 0 amide bonds. The van der Waals surface area contributed by atoms with Crippen molar-refractivity contribution in [3.8, 4) is 0 Å². The lowest BCUT2D eigenvalue weighted by Crippen LogP contribution is -2.28. The Morgan fingerprint density at radius 3 is 2.47 bits per heavy atom. The highest BCUT2D eigenvalue weighted by Crippen LogP contribution is 2.46. The summed E-state index contributed by atoms with van der Waals surface area (Å²) >= 11 is 14.1. The summed E-state index contributed by atoms with van der Waals surface area (Å²) in [7, 11) is 0. The fourth-order valence-electron chi connectivity index (χ4n) is 2.04. The minimum atomic E-state index is -0.430. The first-order valence-corrected chi connectivity index (χ1v) is 7.76. The molecule has 0 bridgehead atoms. The number of rotatable bonds is 1. The van der Waals surface area contributed by atoms with Crippen LogP contribution in [0.1, 0.15) is 33.3 Å². The molecular weight excluding hydrogens is 299 g/mol. The molecule has 0 spiro atoms. The number of Topliss-reactive ketones (excluding diaryl/α,β-unsaturated/α-hetero) is 1. The van der Waals surface area contributed by atoms with Crippen LogP contribution in [0.25, 0.3) is 5.03 Å². The summed E-state index contributed by atoms with van der Waals surface area (Å²) in [6.45, 7) is 7.76. The normalized spacial score (nSPS) is 19.4. The summed E-state index contributed by atoms with van der Waals surface area (Å²) in [5.74, 6) is 0.100. The first-order chi connectivity index (χ1) is 8.71. The van der Waals surface area contributed by atoms with Crippen molar-refractivity contribution in [2.24, 2.45) is 5.41 Å².